The van der Waals surface area contributed by atoms with Crippen LogP contribution in [0.15, 0.2) is 36.4 Å². The van der Waals surface area contributed by atoms with Crippen molar-refractivity contribution in [3.63, 3.8) is 0 Å². The highest BCUT2D eigenvalue weighted by molar-refractivity contribution is 7.26. The summed E-state index contributed by atoms with van der Waals surface area (Å²) in [4.78, 5) is 10.7. The zero-order valence-corrected chi connectivity index (χ0v) is 10.4. The highest BCUT2D eigenvalue weighted by Gasteiger charge is 2.09. The lowest BCUT2D eigenvalue weighted by atomic mass is 10.0. The summed E-state index contributed by atoms with van der Waals surface area (Å²) in [6.07, 6.45) is 1.48. The fourth-order valence-electron chi connectivity index (χ4n) is 2.32. The summed E-state index contributed by atoms with van der Waals surface area (Å²) in [5, 5.41) is 2.53. The molecule has 0 atom stereocenters. The molecule has 0 bridgehead atoms. The smallest absolute Gasteiger partial charge is 0.124 e. The number of aldehydes is 1. The number of carbonyl (C=O) groups is 1. The van der Waals surface area contributed by atoms with E-state index < -0.39 is 0 Å². The lowest BCUT2D eigenvalue weighted by Gasteiger charge is -1.99. The second-order valence-corrected chi connectivity index (χ2v) is 5.27. The van der Waals surface area contributed by atoms with Crippen LogP contribution in [0.25, 0.3) is 20.2 Å². The summed E-state index contributed by atoms with van der Waals surface area (Å²) < 4.78 is 2.61. The molecule has 0 N–H and O–H groups in total. The Morgan fingerprint density at radius 3 is 2.82 bits per heavy atom. The maximum absolute atomic E-state index is 10.7. The molecule has 0 amide bonds. The predicted molar refractivity (Wildman–Crippen MR) is 73.8 cm³/mol. The van der Waals surface area contributed by atoms with Crippen molar-refractivity contribution in [2.45, 2.75) is 13.3 Å². The first-order valence-electron chi connectivity index (χ1n) is 5.64. The van der Waals surface area contributed by atoms with Gasteiger partial charge in [-0.2, -0.15) is 0 Å². The minimum Gasteiger partial charge on any atom is -0.303 e. The van der Waals surface area contributed by atoms with E-state index in [1.807, 2.05) is 23.5 Å². The molecule has 1 nitrogen and oxygen atoms in total. The van der Waals surface area contributed by atoms with Crippen molar-refractivity contribution < 1.29 is 4.79 Å². The van der Waals surface area contributed by atoms with Crippen LogP contribution in [0.5, 0.6) is 0 Å². The molecule has 0 saturated carbocycles. The van der Waals surface area contributed by atoms with Crippen LogP contribution in [0.3, 0.4) is 0 Å². The van der Waals surface area contributed by atoms with Crippen molar-refractivity contribution in [2.24, 2.45) is 0 Å². The fraction of sp³-hybridized carbons (Fsp3) is 0.133. The van der Waals surface area contributed by atoms with E-state index in [0.29, 0.717) is 6.42 Å². The lowest BCUT2D eigenvalue weighted by molar-refractivity contribution is -0.107. The molecule has 1 aromatic heterocycles. The summed E-state index contributed by atoms with van der Waals surface area (Å²) in [6.45, 7) is 2.14. The number of thiophene rings is 1. The fourth-order valence-corrected chi connectivity index (χ4v) is 3.54. The summed E-state index contributed by atoms with van der Waals surface area (Å²) in [6, 6.07) is 12.6. The van der Waals surface area contributed by atoms with Crippen molar-refractivity contribution in [1.82, 2.24) is 0 Å². The molecule has 0 unspecified atom stereocenters. The molecule has 84 valence electrons. The third kappa shape index (κ3) is 1.56. The number of aryl methyl sites for hydroxylation is 1. The molecule has 3 aromatic rings. The van der Waals surface area contributed by atoms with Gasteiger partial charge >= 0.3 is 0 Å². The van der Waals surface area contributed by atoms with E-state index in [1.54, 1.807) is 0 Å². The number of rotatable bonds is 2. The predicted octanol–water partition coefficient (Wildman–Crippen LogP) is 4.10. The zero-order valence-electron chi connectivity index (χ0n) is 9.57. The van der Waals surface area contributed by atoms with Gasteiger partial charge in [-0.1, -0.05) is 30.3 Å². The van der Waals surface area contributed by atoms with Crippen LogP contribution in [0.2, 0.25) is 0 Å². The van der Waals surface area contributed by atoms with Crippen LogP contribution in [-0.4, -0.2) is 6.29 Å². The first kappa shape index (κ1) is 10.5. The van der Waals surface area contributed by atoms with Crippen molar-refractivity contribution in [2.75, 3.05) is 0 Å². The van der Waals surface area contributed by atoms with Crippen molar-refractivity contribution in [1.29, 1.82) is 0 Å². The van der Waals surface area contributed by atoms with E-state index >= 15 is 0 Å². The van der Waals surface area contributed by atoms with Gasteiger partial charge in [0.15, 0.2) is 0 Å². The lowest BCUT2D eigenvalue weighted by Crippen LogP contribution is -1.85. The molecule has 0 saturated heterocycles. The van der Waals surface area contributed by atoms with Gasteiger partial charge in [0.05, 0.1) is 0 Å². The molecule has 1 heterocycles. The molecule has 17 heavy (non-hydrogen) atoms. The Kier molecular flexibility index (Phi) is 2.45. The molecule has 2 heteroatoms. The molecular weight excluding hydrogens is 228 g/mol. The number of benzene rings is 2. The van der Waals surface area contributed by atoms with Gasteiger partial charge in [-0.3, -0.25) is 0 Å². The van der Waals surface area contributed by atoms with Crippen LogP contribution >= 0.6 is 11.3 Å². The van der Waals surface area contributed by atoms with Crippen LogP contribution in [-0.2, 0) is 11.2 Å². The third-order valence-corrected chi connectivity index (χ3v) is 4.42. The Bertz CT molecular complexity index is 709. The topological polar surface area (TPSA) is 17.1 Å². The molecule has 0 spiro atoms. The van der Waals surface area contributed by atoms with E-state index in [0.717, 1.165) is 11.8 Å². The van der Waals surface area contributed by atoms with E-state index in [9.17, 15) is 4.79 Å². The largest absolute Gasteiger partial charge is 0.303 e. The van der Waals surface area contributed by atoms with Gasteiger partial charge in [-0.25, -0.2) is 0 Å². The molecular formula is C15H12OS. The molecule has 0 fully saturated rings. The van der Waals surface area contributed by atoms with E-state index in [-0.39, 0.29) is 0 Å². The van der Waals surface area contributed by atoms with Gasteiger partial charge in [0.2, 0.25) is 0 Å². The highest BCUT2D eigenvalue weighted by Crippen LogP contribution is 2.37. The van der Waals surface area contributed by atoms with E-state index in [1.165, 1.54) is 25.7 Å². The number of hydrogen-bond acceptors (Lipinski definition) is 2. The van der Waals surface area contributed by atoms with Crippen LogP contribution in [0.4, 0.5) is 0 Å². The average molecular weight is 240 g/mol. The first-order chi connectivity index (χ1) is 8.31. The summed E-state index contributed by atoms with van der Waals surface area (Å²) >= 11 is 1.81. The quantitative estimate of drug-likeness (QED) is 0.616. The second kappa shape index (κ2) is 3.97. The third-order valence-electron chi connectivity index (χ3n) is 3.11. The molecule has 0 aliphatic heterocycles. The summed E-state index contributed by atoms with van der Waals surface area (Å²) in [5.74, 6) is 0. The van der Waals surface area contributed by atoms with Gasteiger partial charge < -0.3 is 4.79 Å². The van der Waals surface area contributed by atoms with Gasteiger partial charge in [0.25, 0.3) is 0 Å². The maximum Gasteiger partial charge on any atom is 0.124 e. The summed E-state index contributed by atoms with van der Waals surface area (Å²) in [5.41, 5.74) is 2.44. The minimum absolute atomic E-state index is 0.497. The van der Waals surface area contributed by atoms with Gasteiger partial charge in [0, 0.05) is 26.6 Å². The van der Waals surface area contributed by atoms with Gasteiger partial charge in [-0.15, -0.1) is 11.3 Å². The molecule has 2 aromatic carbocycles. The average Bonchev–Trinajstić information content (AvgIpc) is 2.71. The molecule has 0 radical (unpaired) electrons. The van der Waals surface area contributed by atoms with Gasteiger partial charge in [0.1, 0.15) is 6.29 Å². The second-order valence-electron chi connectivity index (χ2n) is 4.21. The SMILES string of the molecule is Cc1cccc2c1sc1cccc(CC=O)c12. The van der Waals surface area contributed by atoms with Crippen molar-refractivity contribution in [3.8, 4) is 0 Å². The standard InChI is InChI=1S/C15H12OS/c1-10-4-2-6-12-14-11(8-9-16)5-3-7-13(14)17-15(10)12/h2-7,9H,8H2,1H3. The number of hydrogen-bond donors (Lipinski definition) is 0. The summed E-state index contributed by atoms with van der Waals surface area (Å²) in [7, 11) is 0. The highest BCUT2D eigenvalue weighted by atomic mass is 32.1. The number of carbonyl (C=O) groups excluding carboxylic acids is 1. The molecule has 0 aliphatic rings. The van der Waals surface area contributed by atoms with Crippen molar-refractivity contribution in [3.05, 3.63) is 47.5 Å². The first-order valence-corrected chi connectivity index (χ1v) is 6.46. The Labute approximate surface area is 104 Å². The van der Waals surface area contributed by atoms with Crippen molar-refractivity contribution >= 4 is 37.8 Å². The van der Waals surface area contributed by atoms with E-state index in [4.69, 9.17) is 0 Å². The van der Waals surface area contributed by atoms with Crippen LogP contribution < -0.4 is 0 Å². The van der Waals surface area contributed by atoms with E-state index in [2.05, 4.69) is 31.2 Å². The minimum atomic E-state index is 0.497. The Balaban J connectivity index is 2.49. The monoisotopic (exact) mass is 240 g/mol. The van der Waals surface area contributed by atoms with Crippen LogP contribution in [0, 0.1) is 6.92 Å². The van der Waals surface area contributed by atoms with Crippen LogP contribution in [0.1, 0.15) is 11.1 Å². The molecule has 3 rings (SSSR count). The maximum atomic E-state index is 10.7. The Hall–Kier alpha value is -1.67. The Morgan fingerprint density at radius 1 is 1.18 bits per heavy atom. The number of fused-ring (bicyclic) bond motifs is 3. The van der Waals surface area contributed by atoms with Gasteiger partial charge in [-0.05, 0) is 24.1 Å². The zero-order chi connectivity index (χ0) is 11.8. The Morgan fingerprint density at radius 2 is 2.00 bits per heavy atom. The molecule has 0 aliphatic carbocycles. The normalized spacial score (nSPS) is 11.1.